The van der Waals surface area contributed by atoms with E-state index in [1.54, 1.807) is 11.1 Å². The Hall–Kier alpha value is -1.62. The number of fused-ring (bicyclic) bond motifs is 5. The maximum Gasteiger partial charge on any atom is 0.306 e. The van der Waals surface area contributed by atoms with Crippen LogP contribution >= 0.6 is 0 Å². The minimum atomic E-state index is 0.0618. The highest BCUT2D eigenvalue weighted by molar-refractivity contribution is 5.69. The summed E-state index contributed by atoms with van der Waals surface area (Å²) in [5.41, 5.74) is 4.13. The second kappa shape index (κ2) is 35.6. The van der Waals surface area contributed by atoms with Crippen LogP contribution in [0.5, 0.6) is 0 Å². The lowest BCUT2D eigenvalue weighted by Gasteiger charge is -2.58. The third kappa shape index (κ3) is 21.7. The lowest BCUT2D eigenvalue weighted by Crippen LogP contribution is -2.51. The summed E-state index contributed by atoms with van der Waals surface area (Å²) in [6.07, 6.45) is 50.9. The van der Waals surface area contributed by atoms with Crippen molar-refractivity contribution in [3.63, 3.8) is 0 Å². The molecule has 0 bridgehead atoms. The van der Waals surface area contributed by atoms with Crippen molar-refractivity contribution in [3.05, 3.63) is 23.3 Å². The van der Waals surface area contributed by atoms with Gasteiger partial charge in [0.1, 0.15) is 12.2 Å². The molecule has 0 saturated heterocycles. The average Bonchev–Trinajstić information content (AvgIpc) is 3.70. The molecule has 4 aliphatic rings. The molecule has 0 heterocycles. The highest BCUT2D eigenvalue weighted by Gasteiger charge is 2.59. The number of carbonyl (C=O) groups is 2. The normalized spacial score (nSPS) is 26.2. The van der Waals surface area contributed by atoms with Crippen LogP contribution in [0.3, 0.4) is 0 Å². The van der Waals surface area contributed by atoms with Gasteiger partial charge in [0.15, 0.2) is 0 Å². The van der Waals surface area contributed by atoms with Crippen LogP contribution < -0.4 is 0 Å². The van der Waals surface area contributed by atoms with E-state index in [4.69, 9.17) is 9.47 Å². The molecule has 0 amide bonds. The number of hydrogen-bond donors (Lipinski definition) is 0. The van der Waals surface area contributed by atoms with Crippen LogP contribution in [0.15, 0.2) is 23.3 Å². The fourth-order valence-corrected chi connectivity index (χ4v) is 14.8. The van der Waals surface area contributed by atoms with Crippen LogP contribution in [0.4, 0.5) is 0 Å². The molecule has 0 radical (unpaired) electrons. The van der Waals surface area contributed by atoms with Crippen LogP contribution in [0.2, 0.25) is 0 Å². The molecule has 70 heavy (non-hydrogen) atoms. The lowest BCUT2D eigenvalue weighted by molar-refractivity contribution is -0.150. The maximum atomic E-state index is 12.6. The van der Waals surface area contributed by atoms with Gasteiger partial charge < -0.3 is 14.4 Å². The third-order valence-corrected chi connectivity index (χ3v) is 19.3. The van der Waals surface area contributed by atoms with Crippen molar-refractivity contribution in [1.29, 1.82) is 0 Å². The SMILES string of the molecule is C/C=C(\CCC(C)C1CCC2C3CC=C4CC(OC=O)CCC4(C)C3CCC12C)C(C)C.CCCCCCCCC(CCCCCCCC)OC(=O)CCCCCCC(CCCCCC)CCN(C)C. The Kier molecular flexibility index (Phi) is 31.8. The van der Waals surface area contributed by atoms with Gasteiger partial charge in [0.25, 0.3) is 6.47 Å². The summed E-state index contributed by atoms with van der Waals surface area (Å²) in [6, 6.07) is 0. The predicted octanol–water partition coefficient (Wildman–Crippen LogP) is 19.4. The molecule has 408 valence electrons. The van der Waals surface area contributed by atoms with E-state index >= 15 is 0 Å². The van der Waals surface area contributed by atoms with E-state index in [1.807, 2.05) is 0 Å². The van der Waals surface area contributed by atoms with Crippen LogP contribution in [-0.2, 0) is 19.1 Å². The smallest absolute Gasteiger partial charge is 0.306 e. The zero-order valence-electron chi connectivity index (χ0n) is 48.7. The molecule has 0 aromatic rings. The van der Waals surface area contributed by atoms with Gasteiger partial charge in [0, 0.05) is 12.8 Å². The molecule has 3 saturated carbocycles. The van der Waals surface area contributed by atoms with Gasteiger partial charge in [-0.2, -0.15) is 0 Å². The second-order valence-electron chi connectivity index (χ2n) is 25.1. The van der Waals surface area contributed by atoms with Gasteiger partial charge in [-0.15, -0.1) is 0 Å². The number of ether oxygens (including phenoxy) is 2. The molecule has 4 aliphatic carbocycles. The summed E-state index contributed by atoms with van der Waals surface area (Å²) in [5, 5.41) is 0. The topological polar surface area (TPSA) is 55.8 Å². The molecular formula is C65H119NO4. The number of carbonyl (C=O) groups excluding carboxylic acids is 2. The van der Waals surface area contributed by atoms with Crippen molar-refractivity contribution in [2.45, 2.75) is 306 Å². The van der Waals surface area contributed by atoms with Gasteiger partial charge in [-0.1, -0.05) is 201 Å². The quantitative estimate of drug-likeness (QED) is 0.0269. The van der Waals surface area contributed by atoms with Gasteiger partial charge in [-0.05, 0) is 176 Å². The molecule has 4 rings (SSSR count). The molecule has 9 atom stereocenters. The van der Waals surface area contributed by atoms with E-state index in [-0.39, 0.29) is 18.2 Å². The monoisotopic (exact) mass is 978 g/mol. The Balaban J connectivity index is 0.000000374. The fraction of sp³-hybridized carbons (Fsp3) is 0.908. The number of rotatable bonds is 37. The van der Waals surface area contributed by atoms with Crippen molar-refractivity contribution < 1.29 is 19.1 Å². The molecule has 5 nitrogen and oxygen atoms in total. The molecule has 0 spiro atoms. The van der Waals surface area contributed by atoms with Crippen LogP contribution in [-0.4, -0.2) is 50.2 Å². The molecule has 0 aromatic carbocycles. The summed E-state index contributed by atoms with van der Waals surface area (Å²) >= 11 is 0. The van der Waals surface area contributed by atoms with E-state index in [2.05, 4.69) is 93.5 Å². The largest absolute Gasteiger partial charge is 0.464 e. The number of unbranched alkanes of at least 4 members (excludes halogenated alkanes) is 16. The summed E-state index contributed by atoms with van der Waals surface area (Å²) < 4.78 is 11.4. The van der Waals surface area contributed by atoms with E-state index in [1.165, 1.54) is 199 Å². The number of esters is 1. The number of nitrogens with zero attached hydrogens (tertiary/aromatic N) is 1. The Labute approximate surface area is 436 Å². The van der Waals surface area contributed by atoms with Gasteiger partial charge in [0.2, 0.25) is 0 Å². The summed E-state index contributed by atoms with van der Waals surface area (Å²) in [7, 11) is 4.39. The minimum Gasteiger partial charge on any atom is -0.464 e. The van der Waals surface area contributed by atoms with Crippen molar-refractivity contribution in [1.82, 2.24) is 4.90 Å². The predicted molar refractivity (Wildman–Crippen MR) is 302 cm³/mol. The van der Waals surface area contributed by atoms with Gasteiger partial charge in [0.05, 0.1) is 0 Å². The average molecular weight is 979 g/mol. The summed E-state index contributed by atoms with van der Waals surface area (Å²) in [6.45, 7) is 23.4. The second-order valence-corrected chi connectivity index (χ2v) is 25.1. The Morgan fingerprint density at radius 1 is 0.686 bits per heavy atom. The molecule has 5 heteroatoms. The van der Waals surface area contributed by atoms with E-state index < -0.39 is 0 Å². The van der Waals surface area contributed by atoms with Crippen LogP contribution in [0.25, 0.3) is 0 Å². The van der Waals surface area contributed by atoms with E-state index in [0.29, 0.717) is 29.6 Å². The third-order valence-electron chi connectivity index (χ3n) is 19.3. The molecule has 9 unspecified atom stereocenters. The first-order chi connectivity index (χ1) is 33.8. The zero-order valence-corrected chi connectivity index (χ0v) is 48.7. The minimum absolute atomic E-state index is 0.0618. The molecule has 0 aliphatic heterocycles. The maximum absolute atomic E-state index is 12.6. The lowest BCUT2D eigenvalue weighted by atomic mass is 9.47. The molecule has 0 aromatic heterocycles. The van der Waals surface area contributed by atoms with E-state index in [0.717, 1.165) is 67.6 Å². The highest BCUT2D eigenvalue weighted by atomic mass is 16.5. The van der Waals surface area contributed by atoms with Crippen molar-refractivity contribution in [2.24, 2.45) is 52.3 Å². The van der Waals surface area contributed by atoms with Gasteiger partial charge >= 0.3 is 5.97 Å². The first-order valence-electron chi connectivity index (χ1n) is 31.0. The number of hydrogen-bond acceptors (Lipinski definition) is 5. The number of allylic oxidation sites excluding steroid dienone is 3. The van der Waals surface area contributed by atoms with Crippen LogP contribution in [0, 0.1) is 52.3 Å². The Bertz CT molecular complexity index is 1420. The Morgan fingerprint density at radius 3 is 1.83 bits per heavy atom. The first-order valence-corrected chi connectivity index (χ1v) is 31.0. The van der Waals surface area contributed by atoms with Crippen molar-refractivity contribution >= 4 is 12.4 Å². The van der Waals surface area contributed by atoms with Gasteiger partial charge in [-0.3, -0.25) is 9.59 Å². The van der Waals surface area contributed by atoms with Crippen molar-refractivity contribution in [3.8, 4) is 0 Å². The molecule has 0 N–H and O–H groups in total. The van der Waals surface area contributed by atoms with Crippen molar-refractivity contribution in [2.75, 3.05) is 20.6 Å². The summed E-state index contributed by atoms with van der Waals surface area (Å²) in [5.74, 6) is 5.96. The molecule has 3 fully saturated rings. The highest BCUT2D eigenvalue weighted by Crippen LogP contribution is 2.67. The standard InChI is InChI=1S/C35H71NO2.C30H48O2/c1-6-9-12-15-17-23-28-34(29-24-18-16-13-10-7-2)38-35(37)30-25-20-19-22-27-33(31-32-36(4)5)26-21-14-11-8-3;1-7-22(20(2)3)9-8-21(4)26-12-13-27-25-11-10-23-18-24(32-19-31)14-16-29(23,5)28(25)15-17-30(26,27)6/h33-34H,6-32H2,1-5H3;7,10,19-21,24-28H,8-9,11-18H2,1-6H3/b;22-7+. The van der Waals surface area contributed by atoms with E-state index in [9.17, 15) is 9.59 Å². The zero-order chi connectivity index (χ0) is 51.2. The molecular weight excluding hydrogens is 859 g/mol. The summed E-state index contributed by atoms with van der Waals surface area (Å²) in [4.78, 5) is 25.8. The first kappa shape index (κ1) is 62.7. The van der Waals surface area contributed by atoms with Crippen LogP contribution in [0.1, 0.15) is 293 Å². The fourth-order valence-electron chi connectivity index (χ4n) is 14.8. The Morgan fingerprint density at radius 2 is 1.26 bits per heavy atom. The van der Waals surface area contributed by atoms with Gasteiger partial charge in [-0.25, -0.2) is 0 Å².